The standard InChI is InChI=1S/C24H25N5/c1-18-16-23(27-22-8-3-2-7-21(18)22)28-13-9-19(10-14-28)24-26-12-15-29(24)17-20-6-4-5-11-25-20/h2-8,11-12,15-16,19H,9-10,13-14,17H2,1H3. The van der Waals surface area contributed by atoms with Crippen molar-refractivity contribution in [3.8, 4) is 0 Å². The molecule has 4 heterocycles. The highest BCUT2D eigenvalue weighted by Gasteiger charge is 2.25. The van der Waals surface area contributed by atoms with E-state index < -0.39 is 0 Å². The molecule has 0 radical (unpaired) electrons. The molecule has 5 rings (SSSR count). The summed E-state index contributed by atoms with van der Waals surface area (Å²) in [6, 6.07) is 16.7. The first-order valence-electron chi connectivity index (χ1n) is 10.3. The van der Waals surface area contributed by atoms with E-state index in [1.807, 2.05) is 24.5 Å². The summed E-state index contributed by atoms with van der Waals surface area (Å²) < 4.78 is 2.25. The van der Waals surface area contributed by atoms with Gasteiger partial charge in [0.2, 0.25) is 0 Å². The van der Waals surface area contributed by atoms with Gasteiger partial charge in [-0.1, -0.05) is 24.3 Å². The summed E-state index contributed by atoms with van der Waals surface area (Å²) in [5, 5.41) is 1.24. The van der Waals surface area contributed by atoms with E-state index in [1.165, 1.54) is 16.8 Å². The molecule has 3 aromatic heterocycles. The van der Waals surface area contributed by atoms with Crippen molar-refractivity contribution >= 4 is 16.7 Å². The first-order valence-corrected chi connectivity index (χ1v) is 10.3. The molecule has 29 heavy (non-hydrogen) atoms. The SMILES string of the molecule is Cc1cc(N2CCC(c3nccn3Cc3ccccn3)CC2)nc2ccccc12. The minimum absolute atomic E-state index is 0.478. The number of rotatable bonds is 4. The summed E-state index contributed by atoms with van der Waals surface area (Å²) in [5.74, 6) is 2.75. The Morgan fingerprint density at radius 2 is 1.79 bits per heavy atom. The highest BCUT2D eigenvalue weighted by atomic mass is 15.2. The van der Waals surface area contributed by atoms with Gasteiger partial charge in [0.25, 0.3) is 0 Å². The number of nitrogens with zero attached hydrogens (tertiary/aromatic N) is 5. The number of aromatic nitrogens is 4. The topological polar surface area (TPSA) is 46.8 Å². The highest BCUT2D eigenvalue weighted by molar-refractivity contribution is 5.83. The van der Waals surface area contributed by atoms with Gasteiger partial charge in [-0.25, -0.2) is 9.97 Å². The monoisotopic (exact) mass is 383 g/mol. The summed E-state index contributed by atoms with van der Waals surface area (Å²) in [7, 11) is 0. The lowest BCUT2D eigenvalue weighted by atomic mass is 9.95. The number of hydrogen-bond acceptors (Lipinski definition) is 4. The Balaban J connectivity index is 1.31. The molecule has 0 amide bonds. The van der Waals surface area contributed by atoms with Gasteiger partial charge in [-0.3, -0.25) is 4.98 Å². The molecule has 1 aliphatic rings. The quantitative estimate of drug-likeness (QED) is 0.518. The van der Waals surface area contributed by atoms with Crippen molar-refractivity contribution < 1.29 is 0 Å². The van der Waals surface area contributed by atoms with Crippen LogP contribution in [0.25, 0.3) is 10.9 Å². The first kappa shape index (κ1) is 17.9. The van der Waals surface area contributed by atoms with Gasteiger partial charge in [0.15, 0.2) is 0 Å². The first-order chi connectivity index (χ1) is 14.3. The minimum atomic E-state index is 0.478. The van der Waals surface area contributed by atoms with E-state index in [0.29, 0.717) is 5.92 Å². The van der Waals surface area contributed by atoms with Crippen LogP contribution in [-0.4, -0.2) is 32.6 Å². The minimum Gasteiger partial charge on any atom is -0.357 e. The maximum Gasteiger partial charge on any atom is 0.129 e. The Kier molecular flexibility index (Phi) is 4.72. The fraction of sp³-hybridized carbons (Fsp3) is 0.292. The third-order valence-electron chi connectivity index (χ3n) is 5.90. The maximum absolute atomic E-state index is 4.92. The summed E-state index contributed by atoms with van der Waals surface area (Å²) in [6.45, 7) is 4.97. The molecule has 0 atom stereocenters. The van der Waals surface area contributed by atoms with Gasteiger partial charge in [-0.15, -0.1) is 0 Å². The Morgan fingerprint density at radius 3 is 2.62 bits per heavy atom. The molecule has 0 bridgehead atoms. The average molecular weight is 383 g/mol. The van der Waals surface area contributed by atoms with Crippen LogP contribution in [0.5, 0.6) is 0 Å². The Hall–Kier alpha value is -3.21. The number of fused-ring (bicyclic) bond motifs is 1. The van der Waals surface area contributed by atoms with Crippen molar-refractivity contribution in [3.63, 3.8) is 0 Å². The molecule has 1 fully saturated rings. The number of imidazole rings is 1. The number of hydrogen-bond donors (Lipinski definition) is 0. The molecular weight excluding hydrogens is 358 g/mol. The number of para-hydroxylation sites is 1. The van der Waals surface area contributed by atoms with Crippen LogP contribution in [0.4, 0.5) is 5.82 Å². The zero-order chi connectivity index (χ0) is 19.6. The van der Waals surface area contributed by atoms with Crippen molar-refractivity contribution in [2.45, 2.75) is 32.2 Å². The molecule has 0 spiro atoms. The fourth-order valence-electron chi connectivity index (χ4n) is 4.34. The van der Waals surface area contributed by atoms with Crippen molar-refractivity contribution in [1.29, 1.82) is 0 Å². The molecule has 5 nitrogen and oxygen atoms in total. The second-order valence-electron chi connectivity index (χ2n) is 7.81. The van der Waals surface area contributed by atoms with Crippen LogP contribution in [0, 0.1) is 6.92 Å². The highest BCUT2D eigenvalue weighted by Crippen LogP contribution is 2.31. The van der Waals surface area contributed by atoms with Crippen molar-refractivity contribution in [2.24, 2.45) is 0 Å². The van der Waals surface area contributed by atoms with Crippen LogP contribution in [-0.2, 0) is 6.54 Å². The second kappa shape index (κ2) is 7.66. The Bertz CT molecular complexity index is 1110. The number of piperidine rings is 1. The molecule has 1 saturated heterocycles. The van der Waals surface area contributed by atoms with E-state index in [1.54, 1.807) is 0 Å². The lowest BCUT2D eigenvalue weighted by Crippen LogP contribution is -2.34. The lowest BCUT2D eigenvalue weighted by Gasteiger charge is -2.33. The molecule has 0 saturated carbocycles. The van der Waals surface area contributed by atoms with Crippen LogP contribution in [0.2, 0.25) is 0 Å². The fourth-order valence-corrected chi connectivity index (χ4v) is 4.34. The van der Waals surface area contributed by atoms with Crippen molar-refractivity contribution in [1.82, 2.24) is 19.5 Å². The van der Waals surface area contributed by atoms with Gasteiger partial charge >= 0.3 is 0 Å². The van der Waals surface area contributed by atoms with Crippen LogP contribution in [0.15, 0.2) is 67.1 Å². The predicted molar refractivity (Wildman–Crippen MR) is 116 cm³/mol. The largest absolute Gasteiger partial charge is 0.357 e. The normalized spacial score (nSPS) is 15.1. The molecule has 0 aliphatic carbocycles. The smallest absolute Gasteiger partial charge is 0.129 e. The van der Waals surface area contributed by atoms with Gasteiger partial charge in [0, 0.05) is 43.0 Å². The van der Waals surface area contributed by atoms with Crippen molar-refractivity contribution in [3.05, 3.63) is 84.2 Å². The van der Waals surface area contributed by atoms with Crippen LogP contribution in [0.3, 0.4) is 0 Å². The van der Waals surface area contributed by atoms with E-state index in [4.69, 9.17) is 4.98 Å². The van der Waals surface area contributed by atoms with Gasteiger partial charge < -0.3 is 9.47 Å². The van der Waals surface area contributed by atoms with Gasteiger partial charge in [-0.05, 0) is 49.6 Å². The van der Waals surface area contributed by atoms with Crippen LogP contribution in [0.1, 0.15) is 35.8 Å². The summed E-state index contributed by atoms with van der Waals surface area (Å²) >= 11 is 0. The molecule has 0 N–H and O–H groups in total. The zero-order valence-electron chi connectivity index (χ0n) is 16.7. The van der Waals surface area contributed by atoms with Gasteiger partial charge in [0.1, 0.15) is 11.6 Å². The van der Waals surface area contributed by atoms with Gasteiger partial charge in [0.05, 0.1) is 17.8 Å². The maximum atomic E-state index is 4.92. The number of benzene rings is 1. The zero-order valence-corrected chi connectivity index (χ0v) is 16.7. The summed E-state index contributed by atoms with van der Waals surface area (Å²) in [5.41, 5.74) is 3.44. The van der Waals surface area contributed by atoms with E-state index in [-0.39, 0.29) is 0 Å². The van der Waals surface area contributed by atoms with E-state index in [9.17, 15) is 0 Å². The van der Waals surface area contributed by atoms with Crippen molar-refractivity contribution in [2.75, 3.05) is 18.0 Å². The molecule has 4 aromatic rings. The molecule has 1 aromatic carbocycles. The van der Waals surface area contributed by atoms with E-state index in [2.05, 4.69) is 69.0 Å². The number of aryl methyl sites for hydroxylation is 1. The molecular formula is C24H25N5. The van der Waals surface area contributed by atoms with Crippen LogP contribution < -0.4 is 4.90 Å². The second-order valence-corrected chi connectivity index (χ2v) is 7.81. The Morgan fingerprint density at radius 1 is 0.966 bits per heavy atom. The molecule has 1 aliphatic heterocycles. The Labute approximate surface area is 171 Å². The third-order valence-corrected chi connectivity index (χ3v) is 5.90. The van der Waals surface area contributed by atoms with E-state index >= 15 is 0 Å². The van der Waals surface area contributed by atoms with E-state index in [0.717, 1.165) is 49.5 Å². The lowest BCUT2D eigenvalue weighted by molar-refractivity contribution is 0.468. The number of anilines is 1. The van der Waals surface area contributed by atoms with Crippen LogP contribution >= 0.6 is 0 Å². The molecule has 146 valence electrons. The molecule has 5 heteroatoms. The summed E-state index contributed by atoms with van der Waals surface area (Å²) in [6.07, 6.45) is 8.02. The predicted octanol–water partition coefficient (Wildman–Crippen LogP) is 4.57. The average Bonchev–Trinajstić information content (AvgIpc) is 3.23. The summed E-state index contributed by atoms with van der Waals surface area (Å²) in [4.78, 5) is 16.5. The number of pyridine rings is 2. The van der Waals surface area contributed by atoms with Gasteiger partial charge in [-0.2, -0.15) is 0 Å². The third kappa shape index (κ3) is 3.60. The molecule has 0 unspecified atom stereocenters.